The third-order valence-corrected chi connectivity index (χ3v) is 4.20. The molecule has 0 saturated heterocycles. The molecule has 2 rings (SSSR count). The molecule has 1 aromatic carbocycles. The number of thioether (sulfide) groups is 1. The first-order valence-corrected chi connectivity index (χ1v) is 7.56. The highest BCUT2D eigenvalue weighted by atomic mass is 79.9. The standard InChI is InChI=1S/C12H15BrN2S/c13-7-3-9-16-12(14)15-8-6-10-4-1-2-5-11(10)15/h1-2,4-5,14H,3,6-9H2. The number of hydrogen-bond acceptors (Lipinski definition) is 2. The Balaban J connectivity index is 1.99. The van der Waals surface area contributed by atoms with Crippen molar-refractivity contribution in [2.75, 3.05) is 22.5 Å². The van der Waals surface area contributed by atoms with Gasteiger partial charge in [-0.3, -0.25) is 5.41 Å². The van der Waals surface area contributed by atoms with Gasteiger partial charge in [0.15, 0.2) is 5.17 Å². The molecule has 0 amide bonds. The first kappa shape index (κ1) is 12.0. The van der Waals surface area contributed by atoms with Gasteiger partial charge in [0.25, 0.3) is 0 Å². The highest BCUT2D eigenvalue weighted by Gasteiger charge is 2.21. The molecule has 0 spiro atoms. The van der Waals surface area contributed by atoms with Gasteiger partial charge in [0.2, 0.25) is 0 Å². The minimum Gasteiger partial charge on any atom is -0.321 e. The summed E-state index contributed by atoms with van der Waals surface area (Å²) in [5.74, 6) is 1.02. The van der Waals surface area contributed by atoms with Gasteiger partial charge < -0.3 is 4.90 Å². The van der Waals surface area contributed by atoms with Crippen LogP contribution in [0.5, 0.6) is 0 Å². The van der Waals surface area contributed by atoms with Gasteiger partial charge in [-0.1, -0.05) is 45.9 Å². The number of nitrogens with one attached hydrogen (secondary N) is 1. The number of amidine groups is 1. The Kier molecular flexibility index (Phi) is 4.29. The Morgan fingerprint density at radius 3 is 3.06 bits per heavy atom. The molecule has 4 heteroatoms. The summed E-state index contributed by atoms with van der Waals surface area (Å²) < 4.78 is 0. The normalized spacial score (nSPS) is 13.9. The van der Waals surface area contributed by atoms with Crippen molar-refractivity contribution in [3.63, 3.8) is 0 Å². The van der Waals surface area contributed by atoms with Gasteiger partial charge in [-0.05, 0) is 24.5 Å². The van der Waals surface area contributed by atoms with E-state index >= 15 is 0 Å². The first-order chi connectivity index (χ1) is 7.83. The van der Waals surface area contributed by atoms with Crippen molar-refractivity contribution in [3.8, 4) is 0 Å². The molecule has 0 bridgehead atoms. The van der Waals surface area contributed by atoms with Crippen LogP contribution in [0.3, 0.4) is 0 Å². The van der Waals surface area contributed by atoms with Gasteiger partial charge in [0.1, 0.15) is 0 Å². The van der Waals surface area contributed by atoms with Crippen LogP contribution in [0.2, 0.25) is 0 Å². The van der Waals surface area contributed by atoms with Crippen molar-refractivity contribution in [2.24, 2.45) is 0 Å². The maximum absolute atomic E-state index is 8.07. The van der Waals surface area contributed by atoms with Gasteiger partial charge in [-0.25, -0.2) is 0 Å². The fourth-order valence-corrected chi connectivity index (χ4v) is 3.33. The second-order valence-corrected chi connectivity index (χ2v) is 5.60. The fraction of sp³-hybridized carbons (Fsp3) is 0.417. The molecule has 86 valence electrons. The van der Waals surface area contributed by atoms with Crippen LogP contribution in [0.25, 0.3) is 0 Å². The van der Waals surface area contributed by atoms with Crippen molar-refractivity contribution in [1.82, 2.24) is 0 Å². The molecule has 1 aliphatic heterocycles. The number of nitrogens with zero attached hydrogens (tertiary/aromatic N) is 1. The van der Waals surface area contributed by atoms with Crippen LogP contribution in [0.15, 0.2) is 24.3 Å². The second kappa shape index (κ2) is 5.73. The third-order valence-electron chi connectivity index (χ3n) is 2.65. The zero-order chi connectivity index (χ0) is 11.4. The molecular weight excluding hydrogens is 284 g/mol. The molecule has 2 nitrogen and oxygen atoms in total. The van der Waals surface area contributed by atoms with Gasteiger partial charge >= 0.3 is 0 Å². The van der Waals surface area contributed by atoms with Crippen LogP contribution in [-0.2, 0) is 6.42 Å². The minimum atomic E-state index is 0.686. The van der Waals surface area contributed by atoms with Crippen LogP contribution in [-0.4, -0.2) is 22.8 Å². The number of rotatable bonds is 3. The minimum absolute atomic E-state index is 0.686. The SMILES string of the molecule is N=C(SCCCBr)N1CCc2ccccc21. The van der Waals surface area contributed by atoms with Crippen molar-refractivity contribution in [2.45, 2.75) is 12.8 Å². The van der Waals surface area contributed by atoms with E-state index in [-0.39, 0.29) is 0 Å². The zero-order valence-corrected chi connectivity index (χ0v) is 11.5. The van der Waals surface area contributed by atoms with E-state index in [9.17, 15) is 0 Å². The summed E-state index contributed by atoms with van der Waals surface area (Å²) in [5.41, 5.74) is 2.59. The zero-order valence-electron chi connectivity index (χ0n) is 9.08. The van der Waals surface area contributed by atoms with Crippen molar-refractivity contribution < 1.29 is 0 Å². The van der Waals surface area contributed by atoms with Crippen LogP contribution < -0.4 is 4.90 Å². The number of hydrogen-bond donors (Lipinski definition) is 1. The average Bonchev–Trinajstić information content (AvgIpc) is 2.73. The van der Waals surface area contributed by atoms with Crippen LogP contribution in [0, 0.1) is 5.41 Å². The molecule has 0 fully saturated rings. The second-order valence-electron chi connectivity index (χ2n) is 3.73. The van der Waals surface area contributed by atoms with Crippen molar-refractivity contribution in [3.05, 3.63) is 29.8 Å². The van der Waals surface area contributed by atoms with Crippen molar-refractivity contribution >= 4 is 38.5 Å². The quantitative estimate of drug-likeness (QED) is 0.400. The summed E-state index contributed by atoms with van der Waals surface area (Å²) >= 11 is 5.05. The number of para-hydroxylation sites is 1. The van der Waals surface area contributed by atoms with Crippen LogP contribution in [0.1, 0.15) is 12.0 Å². The van der Waals surface area contributed by atoms with Gasteiger partial charge in [0.05, 0.1) is 0 Å². The van der Waals surface area contributed by atoms with Crippen molar-refractivity contribution in [1.29, 1.82) is 5.41 Å². The van der Waals surface area contributed by atoms with E-state index in [4.69, 9.17) is 5.41 Å². The van der Waals surface area contributed by atoms with Gasteiger partial charge in [-0.2, -0.15) is 0 Å². The summed E-state index contributed by atoms with van der Waals surface area (Å²) in [7, 11) is 0. The monoisotopic (exact) mass is 298 g/mol. The number of fused-ring (bicyclic) bond motifs is 1. The predicted octanol–water partition coefficient (Wildman–Crippen LogP) is 3.50. The smallest absolute Gasteiger partial charge is 0.160 e. The average molecular weight is 299 g/mol. The number of alkyl halides is 1. The lowest BCUT2D eigenvalue weighted by Gasteiger charge is -2.19. The fourth-order valence-electron chi connectivity index (χ4n) is 1.85. The van der Waals surface area contributed by atoms with E-state index in [0.717, 1.165) is 30.5 Å². The molecule has 0 radical (unpaired) electrons. The Labute approximate surface area is 109 Å². The van der Waals surface area contributed by atoms with E-state index in [2.05, 4.69) is 39.0 Å². The lowest BCUT2D eigenvalue weighted by Crippen LogP contribution is -2.25. The maximum Gasteiger partial charge on any atom is 0.160 e. The first-order valence-electron chi connectivity index (χ1n) is 5.45. The van der Waals surface area contributed by atoms with Crippen LogP contribution >= 0.6 is 27.7 Å². The number of benzene rings is 1. The molecule has 0 atom stereocenters. The van der Waals surface area contributed by atoms with Gasteiger partial charge in [-0.15, -0.1) is 0 Å². The number of halogens is 1. The molecule has 1 aliphatic rings. The van der Waals surface area contributed by atoms with E-state index in [1.165, 1.54) is 11.3 Å². The molecule has 1 heterocycles. The molecule has 0 saturated carbocycles. The Morgan fingerprint density at radius 2 is 2.25 bits per heavy atom. The van der Waals surface area contributed by atoms with E-state index in [1.54, 1.807) is 11.8 Å². The molecule has 16 heavy (non-hydrogen) atoms. The topological polar surface area (TPSA) is 27.1 Å². The highest BCUT2D eigenvalue weighted by Crippen LogP contribution is 2.29. The lowest BCUT2D eigenvalue weighted by atomic mass is 10.2. The Bertz CT molecular complexity index is 381. The maximum atomic E-state index is 8.07. The lowest BCUT2D eigenvalue weighted by molar-refractivity contribution is 1.02. The third kappa shape index (κ3) is 2.61. The summed E-state index contributed by atoms with van der Waals surface area (Å²) in [6, 6.07) is 8.39. The molecular formula is C12H15BrN2S. The molecule has 0 unspecified atom stereocenters. The highest BCUT2D eigenvalue weighted by molar-refractivity contribution is 9.09. The number of anilines is 1. The predicted molar refractivity (Wildman–Crippen MR) is 76.1 cm³/mol. The Hall–Kier alpha value is -0.480. The van der Waals surface area contributed by atoms with E-state index in [1.807, 2.05) is 6.07 Å². The summed E-state index contributed by atoms with van der Waals surface area (Å²) in [6.07, 6.45) is 2.18. The molecule has 1 aromatic rings. The van der Waals surface area contributed by atoms with E-state index < -0.39 is 0 Å². The van der Waals surface area contributed by atoms with Crippen LogP contribution in [0.4, 0.5) is 5.69 Å². The largest absolute Gasteiger partial charge is 0.321 e. The summed E-state index contributed by atoms with van der Waals surface area (Å²) in [4.78, 5) is 2.12. The summed E-state index contributed by atoms with van der Waals surface area (Å²) in [6.45, 7) is 0.958. The molecule has 1 N–H and O–H groups in total. The summed E-state index contributed by atoms with van der Waals surface area (Å²) in [5, 5.41) is 9.77. The van der Waals surface area contributed by atoms with E-state index in [0.29, 0.717) is 5.17 Å². The molecule has 0 aromatic heterocycles. The van der Waals surface area contributed by atoms with Gasteiger partial charge in [0, 0.05) is 23.3 Å². The Morgan fingerprint density at radius 1 is 1.44 bits per heavy atom. The molecule has 0 aliphatic carbocycles.